The molecular formula is C20H17FN6O. The number of nitrogens with one attached hydrogen (secondary N) is 1. The molecule has 140 valence electrons. The van der Waals surface area contributed by atoms with Crippen LogP contribution in [0, 0.1) is 5.82 Å². The van der Waals surface area contributed by atoms with E-state index in [1.165, 1.54) is 16.6 Å². The van der Waals surface area contributed by atoms with E-state index >= 15 is 0 Å². The van der Waals surface area contributed by atoms with Gasteiger partial charge in [-0.25, -0.2) is 9.37 Å². The Labute approximate surface area is 160 Å². The van der Waals surface area contributed by atoms with Crippen molar-refractivity contribution in [2.24, 2.45) is 0 Å². The number of nitrogens with two attached hydrogens (primary N) is 1. The molecule has 3 heterocycles. The molecule has 28 heavy (non-hydrogen) atoms. The molecule has 0 saturated heterocycles. The average molecular weight is 376 g/mol. The summed E-state index contributed by atoms with van der Waals surface area (Å²) in [6.45, 7) is 0.302. The van der Waals surface area contributed by atoms with Crippen molar-refractivity contribution < 1.29 is 9.18 Å². The molecule has 0 aliphatic heterocycles. The van der Waals surface area contributed by atoms with Crippen molar-refractivity contribution in [2.45, 2.75) is 6.42 Å². The number of hydrogen-bond donors (Lipinski definition) is 2. The van der Waals surface area contributed by atoms with Crippen molar-refractivity contribution >= 4 is 17.4 Å². The molecule has 0 saturated carbocycles. The zero-order valence-corrected chi connectivity index (χ0v) is 14.8. The maximum absolute atomic E-state index is 13.7. The average Bonchev–Trinajstić information content (AvgIpc) is 3.15. The monoisotopic (exact) mass is 376 g/mol. The largest absolute Gasteiger partial charge is 0.384 e. The molecule has 1 amide bonds. The molecule has 7 nitrogen and oxygen atoms in total. The number of carbonyl (C=O) groups is 1. The Morgan fingerprint density at radius 1 is 1.14 bits per heavy atom. The summed E-state index contributed by atoms with van der Waals surface area (Å²) in [5.41, 5.74) is 8.00. The van der Waals surface area contributed by atoms with Crippen molar-refractivity contribution in [3.8, 4) is 11.5 Å². The van der Waals surface area contributed by atoms with E-state index < -0.39 is 0 Å². The van der Waals surface area contributed by atoms with Crippen LogP contribution in [-0.2, 0) is 6.42 Å². The highest BCUT2D eigenvalue weighted by Gasteiger charge is 2.14. The summed E-state index contributed by atoms with van der Waals surface area (Å²) in [5, 5.41) is 7.11. The third-order valence-electron chi connectivity index (χ3n) is 4.26. The second kappa shape index (κ2) is 7.43. The van der Waals surface area contributed by atoms with Crippen molar-refractivity contribution in [3.63, 3.8) is 0 Å². The molecule has 8 heteroatoms. The SMILES string of the molecule is Nc1cc(C(=O)NCCc2ccccc2F)cc2nc(-c3ccccn3)nn12. The number of nitrogens with zero attached hydrogens (tertiary/aromatic N) is 4. The van der Waals surface area contributed by atoms with E-state index in [0.717, 1.165) is 0 Å². The van der Waals surface area contributed by atoms with Crippen molar-refractivity contribution in [1.82, 2.24) is 24.9 Å². The van der Waals surface area contributed by atoms with Gasteiger partial charge >= 0.3 is 0 Å². The highest BCUT2D eigenvalue weighted by atomic mass is 19.1. The van der Waals surface area contributed by atoms with Crippen LogP contribution in [0.25, 0.3) is 17.2 Å². The summed E-state index contributed by atoms with van der Waals surface area (Å²) in [6, 6.07) is 15.1. The molecule has 0 radical (unpaired) electrons. The highest BCUT2D eigenvalue weighted by Crippen LogP contribution is 2.17. The number of benzene rings is 1. The fourth-order valence-electron chi connectivity index (χ4n) is 2.86. The van der Waals surface area contributed by atoms with Crippen LogP contribution in [0.15, 0.2) is 60.8 Å². The Hall–Kier alpha value is -3.81. The summed E-state index contributed by atoms with van der Waals surface area (Å²) < 4.78 is 15.1. The molecule has 0 bridgehead atoms. The number of nitrogen functional groups attached to an aromatic ring is 1. The molecule has 3 aromatic heterocycles. The number of aromatic nitrogens is 4. The van der Waals surface area contributed by atoms with Gasteiger partial charge in [0.15, 0.2) is 5.65 Å². The number of amides is 1. The number of hydrogen-bond acceptors (Lipinski definition) is 5. The maximum atomic E-state index is 13.7. The Kier molecular flexibility index (Phi) is 4.67. The normalized spacial score (nSPS) is 10.9. The van der Waals surface area contributed by atoms with Crippen molar-refractivity contribution in [3.05, 3.63) is 77.7 Å². The lowest BCUT2D eigenvalue weighted by Gasteiger charge is -2.07. The highest BCUT2D eigenvalue weighted by molar-refractivity contribution is 5.96. The summed E-state index contributed by atoms with van der Waals surface area (Å²) in [4.78, 5) is 21.1. The Balaban J connectivity index is 1.52. The first-order chi connectivity index (χ1) is 13.6. The molecule has 0 spiro atoms. The first kappa shape index (κ1) is 17.6. The molecule has 0 aliphatic rings. The number of halogens is 1. The quantitative estimate of drug-likeness (QED) is 0.558. The third kappa shape index (κ3) is 3.52. The van der Waals surface area contributed by atoms with Crippen LogP contribution in [0.3, 0.4) is 0 Å². The Morgan fingerprint density at radius 3 is 2.75 bits per heavy atom. The Bertz CT molecular complexity index is 1140. The van der Waals surface area contributed by atoms with Gasteiger partial charge in [-0.2, -0.15) is 4.52 Å². The standard InChI is InChI=1S/C20H17FN6O/c21-15-6-2-1-5-13(15)8-10-24-20(28)14-11-17(22)27-18(12-14)25-19(26-27)16-7-3-4-9-23-16/h1-7,9,11-12H,8,10,22H2,(H,24,28). The van der Waals surface area contributed by atoms with Gasteiger partial charge < -0.3 is 11.1 Å². The first-order valence-corrected chi connectivity index (χ1v) is 8.71. The van der Waals surface area contributed by atoms with Gasteiger partial charge in [0.2, 0.25) is 5.82 Å². The molecule has 3 N–H and O–H groups in total. The summed E-state index contributed by atoms with van der Waals surface area (Å²) in [6.07, 6.45) is 2.05. The van der Waals surface area contributed by atoms with Crippen LogP contribution in [-0.4, -0.2) is 32.0 Å². The van der Waals surface area contributed by atoms with E-state index in [2.05, 4.69) is 20.4 Å². The van der Waals surface area contributed by atoms with Gasteiger partial charge in [-0.15, -0.1) is 5.10 Å². The molecular weight excluding hydrogens is 359 g/mol. The minimum absolute atomic E-state index is 0.284. The minimum atomic E-state index is -0.312. The second-order valence-corrected chi connectivity index (χ2v) is 6.19. The summed E-state index contributed by atoms with van der Waals surface area (Å²) >= 11 is 0. The van der Waals surface area contributed by atoms with Crippen LogP contribution in [0.1, 0.15) is 15.9 Å². The second-order valence-electron chi connectivity index (χ2n) is 6.19. The van der Waals surface area contributed by atoms with Gasteiger partial charge in [-0.1, -0.05) is 24.3 Å². The van der Waals surface area contributed by atoms with E-state index in [9.17, 15) is 9.18 Å². The molecule has 0 aliphatic carbocycles. The van der Waals surface area contributed by atoms with Gasteiger partial charge in [0.1, 0.15) is 17.3 Å². The van der Waals surface area contributed by atoms with Crippen molar-refractivity contribution in [2.75, 3.05) is 12.3 Å². The number of pyridine rings is 2. The molecule has 1 aromatic carbocycles. The van der Waals surface area contributed by atoms with E-state index in [-0.39, 0.29) is 17.5 Å². The lowest BCUT2D eigenvalue weighted by atomic mass is 10.1. The lowest BCUT2D eigenvalue weighted by Crippen LogP contribution is -2.26. The zero-order chi connectivity index (χ0) is 19.5. The van der Waals surface area contributed by atoms with Gasteiger partial charge in [-0.3, -0.25) is 9.78 Å². The predicted octanol–water partition coefficient (Wildman–Crippen LogP) is 2.49. The predicted molar refractivity (Wildman–Crippen MR) is 103 cm³/mol. The first-order valence-electron chi connectivity index (χ1n) is 8.71. The lowest BCUT2D eigenvalue weighted by molar-refractivity contribution is 0.0954. The number of carbonyl (C=O) groups excluding carboxylic acids is 1. The van der Waals surface area contributed by atoms with Gasteiger partial charge in [-0.05, 0) is 42.3 Å². The molecule has 4 rings (SSSR count). The van der Waals surface area contributed by atoms with Gasteiger partial charge in [0.25, 0.3) is 5.91 Å². The number of fused-ring (bicyclic) bond motifs is 1. The smallest absolute Gasteiger partial charge is 0.251 e. The molecule has 0 atom stereocenters. The molecule has 4 aromatic rings. The maximum Gasteiger partial charge on any atom is 0.251 e. The van der Waals surface area contributed by atoms with E-state index in [1.54, 1.807) is 42.6 Å². The summed E-state index contributed by atoms with van der Waals surface area (Å²) in [7, 11) is 0. The van der Waals surface area contributed by atoms with Crippen LogP contribution < -0.4 is 11.1 Å². The van der Waals surface area contributed by atoms with Crippen LogP contribution >= 0.6 is 0 Å². The zero-order valence-electron chi connectivity index (χ0n) is 14.8. The molecule has 0 unspecified atom stereocenters. The van der Waals surface area contributed by atoms with E-state index in [1.807, 2.05) is 6.07 Å². The number of anilines is 1. The van der Waals surface area contributed by atoms with Crippen LogP contribution in [0.2, 0.25) is 0 Å². The Morgan fingerprint density at radius 2 is 1.96 bits per heavy atom. The van der Waals surface area contributed by atoms with Crippen LogP contribution in [0.4, 0.5) is 10.2 Å². The van der Waals surface area contributed by atoms with E-state index in [0.29, 0.717) is 41.3 Å². The molecule has 0 fully saturated rings. The minimum Gasteiger partial charge on any atom is -0.384 e. The van der Waals surface area contributed by atoms with Crippen molar-refractivity contribution in [1.29, 1.82) is 0 Å². The van der Waals surface area contributed by atoms with E-state index in [4.69, 9.17) is 5.73 Å². The third-order valence-corrected chi connectivity index (χ3v) is 4.26. The summed E-state index contributed by atoms with van der Waals surface area (Å²) in [5.74, 6) is 0.108. The van der Waals surface area contributed by atoms with Crippen LogP contribution in [0.5, 0.6) is 0 Å². The fourth-order valence-corrected chi connectivity index (χ4v) is 2.86. The number of rotatable bonds is 5. The fraction of sp³-hybridized carbons (Fsp3) is 0.100. The van der Waals surface area contributed by atoms with Gasteiger partial charge in [0.05, 0.1) is 0 Å². The topological polar surface area (TPSA) is 98.2 Å². The van der Waals surface area contributed by atoms with Gasteiger partial charge in [0, 0.05) is 18.3 Å².